The Balaban J connectivity index is 1.82. The van der Waals surface area contributed by atoms with Crippen molar-refractivity contribution < 1.29 is 24.2 Å². The average Bonchev–Trinajstić information content (AvgIpc) is 3.02. The van der Waals surface area contributed by atoms with Crippen molar-refractivity contribution >= 4 is 17.9 Å². The summed E-state index contributed by atoms with van der Waals surface area (Å²) in [4.78, 5) is 40.1. The van der Waals surface area contributed by atoms with Crippen molar-refractivity contribution in [2.45, 2.75) is 90.6 Å². The summed E-state index contributed by atoms with van der Waals surface area (Å²) in [5, 5.41) is 20.4. The zero-order valence-corrected chi connectivity index (χ0v) is 27.2. The van der Waals surface area contributed by atoms with Crippen molar-refractivity contribution in [1.82, 2.24) is 16.0 Å². The molecule has 0 bridgehead atoms. The Kier molecular flexibility index (Phi) is 13.6. The van der Waals surface area contributed by atoms with Gasteiger partial charge in [0.2, 0.25) is 11.8 Å². The molecule has 8 nitrogen and oxygen atoms in total. The van der Waals surface area contributed by atoms with E-state index in [1.54, 1.807) is 20.8 Å². The minimum atomic E-state index is -1.08. The lowest BCUT2D eigenvalue weighted by Gasteiger charge is -2.30. The minimum absolute atomic E-state index is 0.0624. The Labute approximate surface area is 268 Å². The molecule has 0 heterocycles. The highest BCUT2D eigenvalue weighted by atomic mass is 16.6. The number of hydrogen-bond donors (Lipinski definition) is 4. The monoisotopic (exact) mass is 615 g/mol. The van der Waals surface area contributed by atoms with Crippen molar-refractivity contribution in [2.24, 2.45) is 11.8 Å². The van der Waals surface area contributed by atoms with Crippen LogP contribution < -0.4 is 16.0 Å². The maximum atomic E-state index is 14.0. The van der Waals surface area contributed by atoms with Gasteiger partial charge in [-0.1, -0.05) is 111 Å². The van der Waals surface area contributed by atoms with Crippen LogP contribution in [0.2, 0.25) is 0 Å². The van der Waals surface area contributed by atoms with E-state index in [1.165, 1.54) is 0 Å². The summed E-state index contributed by atoms with van der Waals surface area (Å²) in [7, 11) is 0. The van der Waals surface area contributed by atoms with Gasteiger partial charge in [-0.2, -0.15) is 0 Å². The molecule has 5 atom stereocenters. The molecule has 0 aliphatic rings. The quantitative estimate of drug-likeness (QED) is 0.178. The van der Waals surface area contributed by atoms with Gasteiger partial charge in [0.05, 0.1) is 12.1 Å². The van der Waals surface area contributed by atoms with Crippen molar-refractivity contribution in [3.8, 4) is 0 Å². The number of carbonyl (C=O) groups is 3. The Morgan fingerprint density at radius 1 is 0.756 bits per heavy atom. The van der Waals surface area contributed by atoms with Crippen molar-refractivity contribution in [1.29, 1.82) is 0 Å². The molecule has 0 fully saturated rings. The summed E-state index contributed by atoms with van der Waals surface area (Å²) < 4.78 is 5.49. The first-order valence-corrected chi connectivity index (χ1v) is 15.8. The second kappa shape index (κ2) is 17.4. The fraction of sp³-hybridized carbons (Fsp3) is 0.432. The lowest BCUT2D eigenvalue weighted by Crippen LogP contribution is -2.53. The highest BCUT2D eigenvalue weighted by Crippen LogP contribution is 2.21. The Morgan fingerprint density at radius 2 is 1.27 bits per heavy atom. The van der Waals surface area contributed by atoms with E-state index < -0.39 is 35.8 Å². The molecule has 0 saturated carbocycles. The molecule has 45 heavy (non-hydrogen) atoms. The third-order valence-corrected chi connectivity index (χ3v) is 7.79. The first-order valence-electron chi connectivity index (χ1n) is 15.8. The normalized spacial score (nSPS) is 14.7. The van der Waals surface area contributed by atoms with Crippen LogP contribution in [0.4, 0.5) is 4.79 Å². The number of aliphatic hydroxyl groups excluding tert-OH is 1. The minimum Gasteiger partial charge on any atom is -0.444 e. The highest BCUT2D eigenvalue weighted by molar-refractivity contribution is 5.88. The number of benzene rings is 3. The summed E-state index contributed by atoms with van der Waals surface area (Å²) in [6, 6.07) is 27.3. The zero-order chi connectivity index (χ0) is 32.8. The van der Waals surface area contributed by atoms with Crippen LogP contribution in [0.15, 0.2) is 91.0 Å². The summed E-state index contributed by atoms with van der Waals surface area (Å²) in [6.07, 6.45) is -0.267. The second-order valence-corrected chi connectivity index (χ2v) is 12.7. The maximum Gasteiger partial charge on any atom is 0.407 e. The van der Waals surface area contributed by atoms with Crippen LogP contribution in [0.3, 0.4) is 0 Å². The first-order chi connectivity index (χ1) is 21.4. The van der Waals surface area contributed by atoms with Gasteiger partial charge in [0.1, 0.15) is 11.6 Å². The van der Waals surface area contributed by atoms with Gasteiger partial charge >= 0.3 is 6.09 Å². The number of hydrogen-bond acceptors (Lipinski definition) is 5. The van der Waals surface area contributed by atoms with Gasteiger partial charge in [0.25, 0.3) is 0 Å². The van der Waals surface area contributed by atoms with E-state index in [-0.39, 0.29) is 24.2 Å². The van der Waals surface area contributed by atoms with E-state index in [0.29, 0.717) is 25.8 Å². The predicted octanol–water partition coefficient (Wildman–Crippen LogP) is 5.58. The van der Waals surface area contributed by atoms with Crippen LogP contribution in [0, 0.1) is 11.8 Å². The zero-order valence-electron chi connectivity index (χ0n) is 27.2. The van der Waals surface area contributed by atoms with Crippen molar-refractivity contribution in [3.63, 3.8) is 0 Å². The van der Waals surface area contributed by atoms with Gasteiger partial charge < -0.3 is 25.8 Å². The smallest absolute Gasteiger partial charge is 0.407 e. The molecule has 4 N–H and O–H groups in total. The van der Waals surface area contributed by atoms with E-state index in [2.05, 4.69) is 16.0 Å². The summed E-state index contributed by atoms with van der Waals surface area (Å²) in [6.45, 7) is 9.61. The molecule has 0 spiro atoms. The van der Waals surface area contributed by atoms with Crippen LogP contribution in [0.5, 0.6) is 0 Å². The molecule has 0 aliphatic heterocycles. The number of nitrogens with one attached hydrogen (secondary N) is 3. The van der Waals surface area contributed by atoms with Gasteiger partial charge in [-0.05, 0) is 62.6 Å². The Hall–Kier alpha value is -4.17. The molecule has 0 aliphatic carbocycles. The van der Waals surface area contributed by atoms with Crippen molar-refractivity contribution in [2.75, 3.05) is 0 Å². The van der Waals surface area contributed by atoms with E-state index >= 15 is 0 Å². The largest absolute Gasteiger partial charge is 0.444 e. The van der Waals surface area contributed by atoms with Crippen molar-refractivity contribution in [3.05, 3.63) is 108 Å². The molecule has 8 heteroatoms. The van der Waals surface area contributed by atoms with E-state index in [9.17, 15) is 19.5 Å². The van der Waals surface area contributed by atoms with Crippen LogP contribution >= 0.6 is 0 Å². The van der Waals surface area contributed by atoms with Gasteiger partial charge in [-0.25, -0.2) is 4.79 Å². The molecule has 242 valence electrons. The van der Waals surface area contributed by atoms with Crippen LogP contribution in [-0.4, -0.2) is 46.8 Å². The van der Waals surface area contributed by atoms with Crippen LogP contribution in [0.1, 0.15) is 64.2 Å². The molecule has 3 amide bonds. The highest BCUT2D eigenvalue weighted by Gasteiger charge is 2.33. The standard InChI is InChI=1S/C37H49N3O5/c1-6-26(2)33(35(43)38-25-29-20-14-9-15-21-29)40-34(42)30(22-27-16-10-7-11-17-27)24-32(41)31(23-28-18-12-8-13-19-28)39-36(44)45-37(3,4)5/h7-21,26,30-33,41H,6,22-25H2,1-5H3,(H,38,43)(H,39,44)(H,40,42)/t26?,30-,31-,32-,33?/m0/s1. The van der Waals surface area contributed by atoms with E-state index in [1.807, 2.05) is 105 Å². The lowest BCUT2D eigenvalue weighted by atomic mass is 9.88. The summed E-state index contributed by atoms with van der Waals surface area (Å²) in [5.74, 6) is -1.37. The number of rotatable bonds is 15. The third kappa shape index (κ3) is 12.4. The number of ether oxygens (including phenoxy) is 1. The van der Waals surface area contributed by atoms with Gasteiger partial charge in [0, 0.05) is 12.5 Å². The fourth-order valence-electron chi connectivity index (χ4n) is 5.12. The number of amides is 3. The topological polar surface area (TPSA) is 117 Å². The third-order valence-electron chi connectivity index (χ3n) is 7.79. The molecule has 0 saturated heterocycles. The molecule has 0 aromatic heterocycles. The molecule has 3 aromatic carbocycles. The fourth-order valence-corrected chi connectivity index (χ4v) is 5.12. The SMILES string of the molecule is CCC(C)C(NC(=O)[C@@H](Cc1ccccc1)C[C@H](O)[C@H](Cc1ccccc1)NC(=O)OC(C)(C)C)C(=O)NCc1ccccc1. The van der Waals surface area contributed by atoms with Gasteiger partial charge in [0.15, 0.2) is 0 Å². The molecular formula is C37H49N3O5. The number of aliphatic hydroxyl groups is 1. The summed E-state index contributed by atoms with van der Waals surface area (Å²) >= 11 is 0. The van der Waals surface area contributed by atoms with Gasteiger partial charge in [-0.15, -0.1) is 0 Å². The Bertz CT molecular complexity index is 1330. The average molecular weight is 616 g/mol. The molecular weight excluding hydrogens is 566 g/mol. The van der Waals surface area contributed by atoms with E-state index in [0.717, 1.165) is 16.7 Å². The van der Waals surface area contributed by atoms with E-state index in [4.69, 9.17) is 4.74 Å². The number of carbonyl (C=O) groups excluding carboxylic acids is 3. The molecule has 0 radical (unpaired) electrons. The second-order valence-electron chi connectivity index (χ2n) is 12.7. The predicted molar refractivity (Wildman–Crippen MR) is 177 cm³/mol. The van der Waals surface area contributed by atoms with Gasteiger partial charge in [-0.3, -0.25) is 9.59 Å². The summed E-state index contributed by atoms with van der Waals surface area (Å²) in [5.41, 5.74) is 2.10. The van der Waals surface area contributed by atoms with Crippen LogP contribution in [0.25, 0.3) is 0 Å². The molecule has 2 unspecified atom stereocenters. The maximum absolute atomic E-state index is 14.0. The molecule has 3 aromatic rings. The lowest BCUT2D eigenvalue weighted by molar-refractivity contribution is -0.133. The number of alkyl carbamates (subject to hydrolysis) is 1. The molecule has 3 rings (SSSR count). The van der Waals surface area contributed by atoms with Crippen LogP contribution in [-0.2, 0) is 33.7 Å². The Morgan fingerprint density at radius 3 is 1.78 bits per heavy atom. The first kappa shape index (κ1) is 35.3.